The van der Waals surface area contributed by atoms with Crippen molar-refractivity contribution in [3.8, 4) is 0 Å². The first-order valence-electron chi connectivity index (χ1n) is 10.9. The quantitative estimate of drug-likeness (QED) is 0.345. The number of fused-ring (bicyclic) bond motifs is 1. The van der Waals surface area contributed by atoms with Crippen LogP contribution in [0.1, 0.15) is 65.7 Å². The van der Waals surface area contributed by atoms with Crippen LogP contribution in [0.15, 0.2) is 23.8 Å². The van der Waals surface area contributed by atoms with Crippen LogP contribution >= 0.6 is 0 Å². The van der Waals surface area contributed by atoms with E-state index in [0.717, 1.165) is 19.3 Å². The van der Waals surface area contributed by atoms with E-state index >= 15 is 0 Å². The van der Waals surface area contributed by atoms with Crippen LogP contribution in [0.4, 0.5) is 0 Å². The third kappa shape index (κ3) is 7.79. The van der Waals surface area contributed by atoms with E-state index in [1.807, 2.05) is 13.8 Å². The first kappa shape index (κ1) is 27.4. The van der Waals surface area contributed by atoms with Crippen LogP contribution in [0, 0.1) is 23.7 Å². The van der Waals surface area contributed by atoms with Crippen LogP contribution in [0.3, 0.4) is 0 Å². The first-order valence-corrected chi connectivity index (χ1v) is 10.9. The standard InChI is InChI=1S/C23H36O6.Na/c1-4-14(2)23(28)29-20-7-5-6-16-9-8-15(3)19(22(16)20)11-10-17(24)12-18(25)13-21(26)27;/h6,8-9,14-15,17-20,22,24-25H,4-5,7,10-13H2,1-3H3,(H,26,27);/q;+1/p-1/t14-,15-,17+,18+,19?,20-,22-;/m0./s1. The maximum Gasteiger partial charge on any atom is 1.00 e. The van der Waals surface area contributed by atoms with Gasteiger partial charge in [0.05, 0.1) is 18.1 Å². The molecule has 0 aromatic heterocycles. The number of carbonyl (C=O) groups excluding carboxylic acids is 2. The summed E-state index contributed by atoms with van der Waals surface area (Å²) >= 11 is 0. The van der Waals surface area contributed by atoms with Gasteiger partial charge in [-0.25, -0.2) is 0 Å². The molecule has 2 aliphatic rings. The molecule has 2 N–H and O–H groups in total. The molecule has 0 radical (unpaired) electrons. The molecule has 0 aliphatic heterocycles. The molecule has 6 nitrogen and oxygen atoms in total. The predicted molar refractivity (Wildman–Crippen MR) is 107 cm³/mol. The molecule has 0 aromatic rings. The van der Waals surface area contributed by atoms with Gasteiger partial charge in [0.2, 0.25) is 0 Å². The van der Waals surface area contributed by atoms with Crippen molar-refractivity contribution >= 4 is 11.9 Å². The van der Waals surface area contributed by atoms with Crippen molar-refractivity contribution in [2.24, 2.45) is 23.7 Å². The minimum absolute atomic E-state index is 0. The summed E-state index contributed by atoms with van der Waals surface area (Å²) in [5.41, 5.74) is 1.20. The molecule has 0 spiro atoms. The van der Waals surface area contributed by atoms with E-state index in [9.17, 15) is 24.9 Å². The Bertz CT molecular complexity index is 631. The molecule has 7 atom stereocenters. The Labute approximate surface area is 202 Å². The number of aliphatic hydroxyl groups excluding tert-OH is 2. The van der Waals surface area contributed by atoms with Crippen molar-refractivity contribution in [2.75, 3.05) is 0 Å². The molecule has 0 saturated carbocycles. The predicted octanol–water partition coefficient (Wildman–Crippen LogP) is -0.861. The summed E-state index contributed by atoms with van der Waals surface area (Å²) < 4.78 is 5.92. The second-order valence-electron chi connectivity index (χ2n) is 8.67. The largest absolute Gasteiger partial charge is 1.00 e. The van der Waals surface area contributed by atoms with Crippen molar-refractivity contribution in [3.05, 3.63) is 23.8 Å². The molecule has 164 valence electrons. The van der Waals surface area contributed by atoms with Gasteiger partial charge < -0.3 is 24.9 Å². The normalized spacial score (nSPS) is 28.4. The third-order valence-corrected chi connectivity index (χ3v) is 6.41. The third-order valence-electron chi connectivity index (χ3n) is 6.41. The summed E-state index contributed by atoms with van der Waals surface area (Å²) in [5, 5.41) is 30.6. The van der Waals surface area contributed by atoms with Gasteiger partial charge in [-0.3, -0.25) is 4.79 Å². The van der Waals surface area contributed by atoms with Crippen LogP contribution in [0.25, 0.3) is 0 Å². The Morgan fingerprint density at radius 1 is 1.30 bits per heavy atom. The van der Waals surface area contributed by atoms with Gasteiger partial charge in [-0.1, -0.05) is 39.0 Å². The van der Waals surface area contributed by atoms with Crippen molar-refractivity contribution in [3.63, 3.8) is 0 Å². The number of aliphatic hydroxyl groups is 2. The van der Waals surface area contributed by atoms with E-state index in [-0.39, 0.29) is 71.7 Å². The molecule has 2 rings (SSSR count). The molecule has 0 heterocycles. The summed E-state index contributed by atoms with van der Waals surface area (Å²) in [6, 6.07) is 0. The van der Waals surface area contributed by atoms with Gasteiger partial charge >= 0.3 is 35.5 Å². The minimum atomic E-state index is -1.32. The van der Waals surface area contributed by atoms with E-state index in [4.69, 9.17) is 4.74 Å². The molecule has 7 heteroatoms. The molecule has 0 amide bonds. The number of hydrogen-bond acceptors (Lipinski definition) is 6. The van der Waals surface area contributed by atoms with Crippen molar-refractivity contribution in [1.29, 1.82) is 0 Å². The fourth-order valence-corrected chi connectivity index (χ4v) is 4.48. The monoisotopic (exact) mass is 430 g/mol. The van der Waals surface area contributed by atoms with Gasteiger partial charge in [0.1, 0.15) is 6.10 Å². The van der Waals surface area contributed by atoms with E-state index in [1.165, 1.54) is 5.57 Å². The average molecular weight is 431 g/mol. The fraction of sp³-hybridized carbons (Fsp3) is 0.739. The summed E-state index contributed by atoms with van der Waals surface area (Å²) in [7, 11) is 0. The Hall–Kier alpha value is -0.660. The van der Waals surface area contributed by atoms with E-state index in [2.05, 4.69) is 25.2 Å². The zero-order valence-electron chi connectivity index (χ0n) is 18.8. The first-order chi connectivity index (χ1) is 13.7. The van der Waals surface area contributed by atoms with E-state index in [0.29, 0.717) is 12.8 Å². The summed E-state index contributed by atoms with van der Waals surface area (Å²) in [5.74, 6) is -0.984. The smallest absolute Gasteiger partial charge is 0.550 e. The van der Waals surface area contributed by atoms with Crippen LogP contribution in [-0.4, -0.2) is 40.5 Å². The number of carboxylic acids is 1. The minimum Gasteiger partial charge on any atom is -0.550 e. The number of ether oxygens (including phenoxy) is 1. The number of carboxylic acid groups (broad SMARTS) is 1. The summed E-state index contributed by atoms with van der Waals surface area (Å²) in [4.78, 5) is 23.0. The number of carbonyl (C=O) groups is 2. The molecule has 1 unspecified atom stereocenters. The molecular weight excluding hydrogens is 395 g/mol. The maximum atomic E-state index is 12.4. The Kier molecular flexibility index (Phi) is 11.9. The van der Waals surface area contributed by atoms with E-state index < -0.39 is 24.6 Å². The molecular formula is C23H35NaO6. The zero-order chi connectivity index (χ0) is 21.6. The number of allylic oxidation sites excluding steroid dienone is 3. The Morgan fingerprint density at radius 3 is 2.63 bits per heavy atom. The Morgan fingerprint density at radius 2 is 2.00 bits per heavy atom. The topological polar surface area (TPSA) is 107 Å². The van der Waals surface area contributed by atoms with E-state index in [1.54, 1.807) is 0 Å². The molecule has 2 aliphatic carbocycles. The molecule has 30 heavy (non-hydrogen) atoms. The second-order valence-corrected chi connectivity index (χ2v) is 8.67. The molecule has 0 saturated heterocycles. The van der Waals surface area contributed by atoms with Gasteiger partial charge in [-0.05, 0) is 55.9 Å². The number of hydrogen-bond donors (Lipinski definition) is 2. The number of esters is 1. The van der Waals surface area contributed by atoms with Crippen LogP contribution in [-0.2, 0) is 14.3 Å². The molecule has 0 bridgehead atoms. The molecule has 0 aromatic carbocycles. The number of rotatable bonds is 10. The van der Waals surface area contributed by atoms with Gasteiger partial charge in [0.25, 0.3) is 0 Å². The maximum absolute atomic E-state index is 12.4. The Balaban J connectivity index is 0.00000450. The van der Waals surface area contributed by atoms with Gasteiger partial charge in [-0.2, -0.15) is 0 Å². The summed E-state index contributed by atoms with van der Waals surface area (Å²) in [6.45, 7) is 6.00. The second kappa shape index (κ2) is 13.0. The van der Waals surface area contributed by atoms with Crippen LogP contribution in [0.5, 0.6) is 0 Å². The fourth-order valence-electron chi connectivity index (χ4n) is 4.48. The van der Waals surface area contributed by atoms with Crippen molar-refractivity contribution in [1.82, 2.24) is 0 Å². The van der Waals surface area contributed by atoms with Gasteiger partial charge in [0.15, 0.2) is 0 Å². The zero-order valence-corrected chi connectivity index (χ0v) is 20.8. The van der Waals surface area contributed by atoms with Crippen LogP contribution < -0.4 is 34.7 Å². The molecule has 0 fully saturated rings. The van der Waals surface area contributed by atoms with Crippen molar-refractivity contribution in [2.45, 2.75) is 84.0 Å². The SMILES string of the molecule is CC[C@H](C)C(=O)O[C@H]1CCC=C2C=C[C@H](C)C(CC[C@@H](O)C[C@@H](O)CC(=O)[O-])[C@H]21.[Na+]. The van der Waals surface area contributed by atoms with Gasteiger partial charge in [-0.15, -0.1) is 0 Å². The van der Waals surface area contributed by atoms with Crippen molar-refractivity contribution < 1.29 is 59.2 Å². The van der Waals surface area contributed by atoms with Crippen LogP contribution in [0.2, 0.25) is 0 Å². The van der Waals surface area contributed by atoms with Gasteiger partial charge in [0, 0.05) is 18.3 Å². The summed E-state index contributed by atoms with van der Waals surface area (Å²) in [6.07, 6.45) is 7.64. The average Bonchev–Trinajstić information content (AvgIpc) is 2.66. The number of aliphatic carboxylic acids is 1.